The maximum absolute atomic E-state index is 12.5. The number of rotatable bonds is 2. The number of nitrogens with one attached hydrogen (secondary N) is 1. The van der Waals surface area contributed by atoms with Crippen LogP contribution in [0.2, 0.25) is 5.02 Å². The Morgan fingerprint density at radius 3 is 2.83 bits per heavy atom. The van der Waals surface area contributed by atoms with E-state index < -0.39 is 21.8 Å². The molecule has 1 aromatic heterocycles. The van der Waals surface area contributed by atoms with E-state index in [-0.39, 0.29) is 21.1 Å². The predicted octanol–water partition coefficient (Wildman–Crippen LogP) is 2.30. The van der Waals surface area contributed by atoms with Crippen molar-refractivity contribution in [3.63, 3.8) is 0 Å². The molecule has 0 spiro atoms. The van der Waals surface area contributed by atoms with Crippen molar-refractivity contribution in [1.29, 1.82) is 0 Å². The van der Waals surface area contributed by atoms with Crippen molar-refractivity contribution < 1.29 is 18.3 Å². The summed E-state index contributed by atoms with van der Waals surface area (Å²) in [6.45, 7) is 0. The normalized spacial score (nSPS) is 16.2. The van der Waals surface area contributed by atoms with Gasteiger partial charge in [-0.25, -0.2) is 17.7 Å². The zero-order valence-corrected chi connectivity index (χ0v) is 14.0. The first-order valence-corrected chi connectivity index (χ1v) is 8.95. The molecule has 0 aliphatic carbocycles. The number of sulfonamides is 1. The van der Waals surface area contributed by atoms with E-state index in [0.29, 0.717) is 9.44 Å². The maximum Gasteiger partial charge on any atom is 0.267 e. The molecular formula is C13H10ClN3O4S2. The van der Waals surface area contributed by atoms with Gasteiger partial charge in [0.05, 0.1) is 4.90 Å². The van der Waals surface area contributed by atoms with E-state index in [9.17, 15) is 18.3 Å². The molecule has 1 aliphatic heterocycles. The Balaban J connectivity index is 2.16. The molecule has 3 rings (SSSR count). The number of hydrogen-bond donors (Lipinski definition) is 2. The summed E-state index contributed by atoms with van der Waals surface area (Å²) in [5.74, 6) is -1.32. The van der Waals surface area contributed by atoms with Crippen molar-refractivity contribution in [2.45, 2.75) is 4.90 Å². The van der Waals surface area contributed by atoms with Gasteiger partial charge in [-0.1, -0.05) is 17.7 Å². The third kappa shape index (κ3) is 2.56. The lowest BCUT2D eigenvalue weighted by Gasteiger charge is -2.27. The summed E-state index contributed by atoms with van der Waals surface area (Å²) in [6, 6.07) is 4.08. The van der Waals surface area contributed by atoms with E-state index in [1.807, 2.05) is 0 Å². The Morgan fingerprint density at radius 1 is 1.43 bits per heavy atom. The second kappa shape index (κ2) is 5.52. The molecule has 1 amide bonds. The molecule has 10 heteroatoms. The fourth-order valence-electron chi connectivity index (χ4n) is 2.12. The number of aliphatic hydroxyl groups excluding tert-OH is 1. The van der Waals surface area contributed by atoms with Crippen LogP contribution in [-0.4, -0.2) is 35.8 Å². The first-order valence-electron chi connectivity index (χ1n) is 6.25. The topological polar surface area (TPSA) is 99.6 Å². The molecule has 7 nitrogen and oxygen atoms in total. The number of amides is 1. The zero-order chi connectivity index (χ0) is 16.8. The van der Waals surface area contributed by atoms with Gasteiger partial charge in [-0.3, -0.25) is 10.1 Å². The average Bonchev–Trinajstić information content (AvgIpc) is 2.99. The summed E-state index contributed by atoms with van der Waals surface area (Å²) in [4.78, 5) is 16.2. The van der Waals surface area contributed by atoms with Gasteiger partial charge >= 0.3 is 0 Å². The molecule has 23 heavy (non-hydrogen) atoms. The van der Waals surface area contributed by atoms with E-state index in [2.05, 4.69) is 10.3 Å². The van der Waals surface area contributed by atoms with Crippen LogP contribution in [0.3, 0.4) is 0 Å². The molecule has 0 radical (unpaired) electrons. The van der Waals surface area contributed by atoms with Gasteiger partial charge in [0.15, 0.2) is 5.13 Å². The minimum absolute atomic E-state index is 0.0825. The zero-order valence-electron chi connectivity index (χ0n) is 11.6. The van der Waals surface area contributed by atoms with Gasteiger partial charge in [-0.2, -0.15) is 0 Å². The minimum atomic E-state index is -3.97. The number of halogens is 1. The number of hydrogen-bond acceptors (Lipinski definition) is 6. The molecule has 0 unspecified atom stereocenters. The Hall–Kier alpha value is -2.10. The Bertz CT molecular complexity index is 923. The van der Waals surface area contributed by atoms with E-state index in [0.717, 1.165) is 7.05 Å². The van der Waals surface area contributed by atoms with E-state index >= 15 is 0 Å². The molecular weight excluding hydrogens is 362 g/mol. The van der Waals surface area contributed by atoms with Crippen LogP contribution in [-0.2, 0) is 14.8 Å². The van der Waals surface area contributed by atoms with Crippen molar-refractivity contribution in [1.82, 2.24) is 9.29 Å². The smallest absolute Gasteiger partial charge is 0.267 e. The van der Waals surface area contributed by atoms with Gasteiger partial charge in [0.25, 0.3) is 15.9 Å². The lowest BCUT2D eigenvalue weighted by molar-refractivity contribution is -0.111. The van der Waals surface area contributed by atoms with E-state index in [1.165, 1.54) is 35.7 Å². The molecule has 0 bridgehead atoms. The van der Waals surface area contributed by atoms with Crippen LogP contribution in [0.25, 0.3) is 5.57 Å². The first kappa shape index (κ1) is 15.8. The number of nitrogens with zero attached hydrogens (tertiary/aromatic N) is 2. The fraction of sp³-hybridized carbons (Fsp3) is 0.0769. The van der Waals surface area contributed by atoms with Crippen LogP contribution in [0.15, 0.2) is 40.6 Å². The monoisotopic (exact) mass is 371 g/mol. The molecule has 2 heterocycles. The van der Waals surface area contributed by atoms with Crippen LogP contribution in [0.1, 0.15) is 5.56 Å². The summed E-state index contributed by atoms with van der Waals surface area (Å²) in [6.07, 6.45) is 1.51. The second-order valence-electron chi connectivity index (χ2n) is 4.60. The van der Waals surface area contributed by atoms with Crippen LogP contribution in [0, 0.1) is 0 Å². The van der Waals surface area contributed by atoms with Crippen LogP contribution in [0.4, 0.5) is 5.13 Å². The Labute approximate surface area is 140 Å². The predicted molar refractivity (Wildman–Crippen MR) is 86.7 cm³/mol. The van der Waals surface area contributed by atoms with E-state index in [4.69, 9.17) is 11.6 Å². The van der Waals surface area contributed by atoms with Gasteiger partial charge < -0.3 is 5.11 Å². The summed E-state index contributed by atoms with van der Waals surface area (Å²) >= 11 is 7.06. The van der Waals surface area contributed by atoms with Gasteiger partial charge in [-0.05, 0) is 12.1 Å². The van der Waals surface area contributed by atoms with Crippen molar-refractivity contribution in [3.05, 3.63) is 46.2 Å². The number of aromatic nitrogens is 1. The number of benzene rings is 1. The van der Waals surface area contributed by atoms with Gasteiger partial charge in [-0.15, -0.1) is 11.3 Å². The summed E-state index contributed by atoms with van der Waals surface area (Å²) < 4.78 is 25.4. The molecule has 2 aromatic rings. The lowest BCUT2D eigenvalue weighted by atomic mass is 10.1. The number of anilines is 1. The molecule has 0 saturated heterocycles. The first-order chi connectivity index (χ1) is 10.8. The number of thiazole rings is 1. The van der Waals surface area contributed by atoms with Crippen molar-refractivity contribution in [3.8, 4) is 0 Å². The molecule has 1 aromatic carbocycles. The summed E-state index contributed by atoms with van der Waals surface area (Å²) in [7, 11) is -2.81. The third-order valence-corrected chi connectivity index (χ3v) is 5.96. The summed E-state index contributed by atoms with van der Waals surface area (Å²) in [5.41, 5.74) is -0.0803. The van der Waals surface area contributed by atoms with Gasteiger partial charge in [0.1, 0.15) is 5.57 Å². The quantitative estimate of drug-likeness (QED) is 0.843. The number of carbonyl (C=O) groups excluding carboxylic acids is 1. The molecule has 1 aliphatic rings. The standard InChI is InChI=1S/C13H10ClN3O4S2/c1-17-12(19)10(11(18)16-13-15-4-5-22-13)8-3-2-7(14)6-9(8)23(17,20)21/h2-6,19H,1H3,(H,15,16,18). The summed E-state index contributed by atoms with van der Waals surface area (Å²) in [5, 5.41) is 14.9. The van der Waals surface area contributed by atoms with Crippen molar-refractivity contribution in [2.75, 3.05) is 12.4 Å². The van der Waals surface area contributed by atoms with Gasteiger partial charge in [0.2, 0.25) is 5.88 Å². The molecule has 0 fully saturated rings. The second-order valence-corrected chi connectivity index (χ2v) is 7.87. The lowest BCUT2D eigenvalue weighted by Crippen LogP contribution is -2.34. The molecule has 0 atom stereocenters. The number of fused-ring (bicyclic) bond motifs is 1. The molecule has 2 N–H and O–H groups in total. The minimum Gasteiger partial charge on any atom is -0.493 e. The third-order valence-electron chi connectivity index (χ3n) is 3.25. The van der Waals surface area contributed by atoms with Crippen LogP contribution in [0.5, 0.6) is 0 Å². The number of carbonyl (C=O) groups is 1. The Morgan fingerprint density at radius 2 is 2.17 bits per heavy atom. The van der Waals surface area contributed by atoms with Crippen molar-refractivity contribution >= 4 is 49.6 Å². The highest BCUT2D eigenvalue weighted by molar-refractivity contribution is 7.89. The van der Waals surface area contributed by atoms with E-state index in [1.54, 1.807) is 5.38 Å². The maximum atomic E-state index is 12.5. The number of aliphatic hydroxyl groups is 1. The van der Waals surface area contributed by atoms with Crippen LogP contribution >= 0.6 is 22.9 Å². The van der Waals surface area contributed by atoms with Crippen LogP contribution < -0.4 is 5.32 Å². The Kier molecular flexibility index (Phi) is 3.78. The highest BCUT2D eigenvalue weighted by atomic mass is 35.5. The fourth-order valence-corrected chi connectivity index (χ4v) is 4.22. The molecule has 0 saturated carbocycles. The largest absolute Gasteiger partial charge is 0.493 e. The molecule has 120 valence electrons. The highest BCUT2D eigenvalue weighted by Crippen LogP contribution is 2.36. The van der Waals surface area contributed by atoms with Gasteiger partial charge in [0, 0.05) is 29.2 Å². The average molecular weight is 372 g/mol. The van der Waals surface area contributed by atoms with Crippen molar-refractivity contribution in [2.24, 2.45) is 0 Å². The highest BCUT2D eigenvalue weighted by Gasteiger charge is 2.37. The SMILES string of the molecule is CN1C(O)=C(C(=O)Nc2nccs2)c2ccc(Cl)cc2S1(=O)=O.